The van der Waals surface area contributed by atoms with Crippen molar-refractivity contribution in [1.82, 2.24) is 14.9 Å². The number of rotatable bonds is 10. The van der Waals surface area contributed by atoms with Crippen LogP contribution in [0.15, 0.2) is 42.5 Å². The number of aromatic nitrogens is 2. The number of ether oxygens (including phenoxy) is 2. The highest BCUT2D eigenvalue weighted by Gasteiger charge is 2.16. The van der Waals surface area contributed by atoms with Gasteiger partial charge in [0, 0.05) is 19.5 Å². The fourth-order valence-electron chi connectivity index (χ4n) is 4.91. The number of nitrogens with zero attached hydrogens (tertiary/aromatic N) is 2. The Morgan fingerprint density at radius 2 is 1.85 bits per heavy atom. The van der Waals surface area contributed by atoms with Gasteiger partial charge in [0.05, 0.1) is 31.7 Å². The molecule has 6 nitrogen and oxygen atoms in total. The molecule has 1 saturated carbocycles. The lowest BCUT2D eigenvalue weighted by molar-refractivity contribution is -0.120. The molecule has 0 saturated heterocycles. The number of nitrogens with one attached hydrogen (secondary N) is 1. The number of hydrogen-bond acceptors (Lipinski definition) is 4. The highest BCUT2D eigenvalue weighted by Crippen LogP contribution is 2.29. The smallest absolute Gasteiger partial charge is 0.224 e. The van der Waals surface area contributed by atoms with Crippen LogP contribution in [0.3, 0.4) is 0 Å². The second-order valence-corrected chi connectivity index (χ2v) is 8.93. The summed E-state index contributed by atoms with van der Waals surface area (Å²) in [6, 6.07) is 13.9. The average molecular weight is 450 g/mol. The highest BCUT2D eigenvalue weighted by molar-refractivity contribution is 5.79. The minimum atomic E-state index is -0.00733. The molecule has 1 aliphatic carbocycles. The van der Waals surface area contributed by atoms with Crippen LogP contribution in [0, 0.1) is 5.92 Å². The third-order valence-electron chi connectivity index (χ3n) is 6.70. The van der Waals surface area contributed by atoms with E-state index in [1.807, 2.05) is 24.3 Å². The lowest BCUT2D eigenvalue weighted by atomic mass is 9.87. The Kier molecular flexibility index (Phi) is 7.87. The van der Waals surface area contributed by atoms with Crippen molar-refractivity contribution in [2.24, 2.45) is 5.92 Å². The fraction of sp³-hybridized carbons (Fsp3) is 0.481. The van der Waals surface area contributed by atoms with Crippen LogP contribution in [0.5, 0.6) is 11.5 Å². The molecule has 0 bridgehead atoms. The van der Waals surface area contributed by atoms with Crippen LogP contribution in [0.25, 0.3) is 11.0 Å². The van der Waals surface area contributed by atoms with Crippen LogP contribution in [0.1, 0.15) is 49.9 Å². The summed E-state index contributed by atoms with van der Waals surface area (Å²) in [4.78, 5) is 17.4. The molecule has 0 atom stereocenters. The predicted octanol–water partition coefficient (Wildman–Crippen LogP) is 4.93. The fourth-order valence-corrected chi connectivity index (χ4v) is 4.91. The molecule has 0 spiro atoms. The van der Waals surface area contributed by atoms with Crippen molar-refractivity contribution in [1.29, 1.82) is 0 Å². The molecule has 0 aliphatic heterocycles. The molecule has 1 aliphatic rings. The lowest BCUT2D eigenvalue weighted by Gasteiger charge is -2.22. The van der Waals surface area contributed by atoms with Gasteiger partial charge in [-0.25, -0.2) is 4.98 Å². The van der Waals surface area contributed by atoms with E-state index >= 15 is 0 Å². The first-order valence-electron chi connectivity index (χ1n) is 12.1. The van der Waals surface area contributed by atoms with Crippen LogP contribution in [-0.4, -0.2) is 36.2 Å². The van der Waals surface area contributed by atoms with Crippen molar-refractivity contribution in [2.45, 2.75) is 57.9 Å². The number of aryl methyl sites for hydroxylation is 1. The van der Waals surface area contributed by atoms with Crippen LogP contribution < -0.4 is 14.8 Å². The summed E-state index contributed by atoms with van der Waals surface area (Å²) < 4.78 is 13.0. The van der Waals surface area contributed by atoms with E-state index in [0.29, 0.717) is 24.5 Å². The SMILES string of the molecule is COc1ccc(CC(=O)NCCc2nc3ccccc3n2CCC2CCCCC2)cc1OC. The number of amides is 1. The predicted molar refractivity (Wildman–Crippen MR) is 131 cm³/mol. The molecule has 0 unspecified atom stereocenters. The van der Waals surface area contributed by atoms with E-state index in [2.05, 4.69) is 28.1 Å². The van der Waals surface area contributed by atoms with Gasteiger partial charge in [0.1, 0.15) is 5.82 Å². The Balaban J connectivity index is 1.36. The maximum absolute atomic E-state index is 12.5. The summed E-state index contributed by atoms with van der Waals surface area (Å²) in [7, 11) is 3.20. The zero-order valence-electron chi connectivity index (χ0n) is 19.8. The first-order valence-corrected chi connectivity index (χ1v) is 12.1. The second kappa shape index (κ2) is 11.2. The van der Waals surface area contributed by atoms with Crippen LogP contribution in [0.2, 0.25) is 0 Å². The summed E-state index contributed by atoms with van der Waals surface area (Å²) in [5, 5.41) is 3.06. The minimum absolute atomic E-state index is 0.00733. The molecule has 3 aromatic rings. The van der Waals surface area contributed by atoms with Crippen molar-refractivity contribution >= 4 is 16.9 Å². The number of carbonyl (C=O) groups excluding carboxylic acids is 1. The number of carbonyl (C=O) groups is 1. The molecule has 2 aromatic carbocycles. The largest absolute Gasteiger partial charge is 0.493 e. The van der Waals surface area contributed by atoms with E-state index in [9.17, 15) is 4.79 Å². The minimum Gasteiger partial charge on any atom is -0.493 e. The summed E-state index contributed by atoms with van der Waals surface area (Å²) in [5.74, 6) is 3.17. The molecule has 176 valence electrons. The molecular formula is C27H35N3O3. The molecule has 33 heavy (non-hydrogen) atoms. The van der Waals surface area contributed by atoms with E-state index in [0.717, 1.165) is 35.8 Å². The number of methoxy groups -OCH3 is 2. The Hall–Kier alpha value is -3.02. The molecule has 1 fully saturated rings. The molecule has 1 aromatic heterocycles. The molecular weight excluding hydrogens is 414 g/mol. The number of imidazole rings is 1. The molecule has 1 heterocycles. The van der Waals surface area contributed by atoms with Gasteiger partial charge in [-0.2, -0.15) is 0 Å². The summed E-state index contributed by atoms with van der Waals surface area (Å²) in [6.45, 7) is 1.57. The van der Waals surface area contributed by atoms with Gasteiger partial charge in [-0.15, -0.1) is 0 Å². The van der Waals surface area contributed by atoms with Gasteiger partial charge < -0.3 is 19.4 Å². The Morgan fingerprint density at radius 1 is 1.06 bits per heavy atom. The number of fused-ring (bicyclic) bond motifs is 1. The van der Waals surface area contributed by atoms with Crippen molar-refractivity contribution in [3.63, 3.8) is 0 Å². The number of benzene rings is 2. The van der Waals surface area contributed by atoms with Gasteiger partial charge in [0.25, 0.3) is 0 Å². The molecule has 0 radical (unpaired) electrons. The molecule has 1 N–H and O–H groups in total. The van der Waals surface area contributed by atoms with E-state index in [1.54, 1.807) is 14.2 Å². The number of para-hydroxylation sites is 2. The third kappa shape index (κ3) is 5.86. The van der Waals surface area contributed by atoms with Crippen LogP contribution in [0.4, 0.5) is 0 Å². The zero-order valence-corrected chi connectivity index (χ0v) is 19.8. The normalized spacial score (nSPS) is 14.4. The Bertz CT molecular complexity index is 1070. The van der Waals surface area contributed by atoms with E-state index in [1.165, 1.54) is 44.0 Å². The van der Waals surface area contributed by atoms with Crippen LogP contribution in [-0.2, 0) is 24.2 Å². The Labute approximate surface area is 196 Å². The zero-order chi connectivity index (χ0) is 23.0. The van der Waals surface area contributed by atoms with Crippen LogP contribution >= 0.6 is 0 Å². The second-order valence-electron chi connectivity index (χ2n) is 8.93. The van der Waals surface area contributed by atoms with Gasteiger partial charge in [-0.1, -0.05) is 50.3 Å². The topological polar surface area (TPSA) is 65.4 Å². The van der Waals surface area contributed by atoms with Gasteiger partial charge in [-0.3, -0.25) is 4.79 Å². The van der Waals surface area contributed by atoms with E-state index in [-0.39, 0.29) is 5.91 Å². The van der Waals surface area contributed by atoms with Crippen molar-refractivity contribution < 1.29 is 14.3 Å². The molecule has 6 heteroatoms. The first-order chi connectivity index (χ1) is 16.2. The maximum atomic E-state index is 12.5. The van der Waals surface area contributed by atoms with Gasteiger partial charge in [0.2, 0.25) is 5.91 Å². The van der Waals surface area contributed by atoms with Crippen molar-refractivity contribution in [3.8, 4) is 11.5 Å². The average Bonchev–Trinajstić information content (AvgIpc) is 3.20. The third-order valence-corrected chi connectivity index (χ3v) is 6.70. The maximum Gasteiger partial charge on any atom is 0.224 e. The van der Waals surface area contributed by atoms with Gasteiger partial charge >= 0.3 is 0 Å². The Morgan fingerprint density at radius 3 is 2.64 bits per heavy atom. The van der Waals surface area contributed by atoms with Gasteiger partial charge in [-0.05, 0) is 42.2 Å². The first kappa shape index (κ1) is 23.1. The molecule has 1 amide bonds. The summed E-state index contributed by atoms with van der Waals surface area (Å²) in [6.07, 6.45) is 9.07. The van der Waals surface area contributed by atoms with Gasteiger partial charge in [0.15, 0.2) is 11.5 Å². The van der Waals surface area contributed by atoms with Crippen molar-refractivity contribution in [2.75, 3.05) is 20.8 Å². The van der Waals surface area contributed by atoms with E-state index < -0.39 is 0 Å². The van der Waals surface area contributed by atoms with E-state index in [4.69, 9.17) is 14.5 Å². The summed E-state index contributed by atoms with van der Waals surface area (Å²) in [5.41, 5.74) is 3.12. The standard InChI is InChI=1S/C27H35N3O3/c1-32-24-13-12-21(18-25(24)33-2)19-27(31)28-16-14-26-29-22-10-6-7-11-23(22)30(26)17-15-20-8-4-3-5-9-20/h6-7,10-13,18,20H,3-5,8-9,14-17,19H2,1-2H3,(H,28,31). The lowest BCUT2D eigenvalue weighted by Crippen LogP contribution is -2.28. The number of hydrogen-bond donors (Lipinski definition) is 1. The quantitative estimate of drug-likeness (QED) is 0.477. The monoisotopic (exact) mass is 449 g/mol. The summed E-state index contributed by atoms with van der Waals surface area (Å²) >= 11 is 0. The molecule has 4 rings (SSSR count). The highest BCUT2D eigenvalue weighted by atomic mass is 16.5. The van der Waals surface area contributed by atoms with Crippen molar-refractivity contribution in [3.05, 3.63) is 53.9 Å².